The van der Waals surface area contributed by atoms with Crippen molar-refractivity contribution in [3.63, 3.8) is 0 Å². The van der Waals surface area contributed by atoms with Crippen molar-refractivity contribution >= 4 is 22.6 Å². The zero-order valence-electron chi connectivity index (χ0n) is 19.7. The summed E-state index contributed by atoms with van der Waals surface area (Å²) in [7, 11) is 1.88. The highest BCUT2D eigenvalue weighted by atomic mass is 16.2. The van der Waals surface area contributed by atoms with Crippen LogP contribution in [0.25, 0.3) is 22.3 Å². The minimum atomic E-state index is 0.0521. The van der Waals surface area contributed by atoms with Gasteiger partial charge in [-0.25, -0.2) is 4.98 Å². The van der Waals surface area contributed by atoms with Crippen LogP contribution in [0.3, 0.4) is 0 Å². The molecule has 0 aliphatic carbocycles. The van der Waals surface area contributed by atoms with Crippen LogP contribution >= 0.6 is 0 Å². The van der Waals surface area contributed by atoms with Crippen LogP contribution in [0.2, 0.25) is 0 Å². The summed E-state index contributed by atoms with van der Waals surface area (Å²) >= 11 is 0. The number of carbonyl (C=O) groups excluding carboxylic acids is 1. The molecule has 5 rings (SSSR count). The molecule has 6 nitrogen and oxygen atoms in total. The van der Waals surface area contributed by atoms with Crippen LogP contribution in [0, 0.1) is 20.8 Å². The molecule has 0 atom stereocenters. The Balaban J connectivity index is 1.47. The molecule has 1 aliphatic rings. The van der Waals surface area contributed by atoms with Crippen LogP contribution < -0.4 is 4.90 Å². The highest BCUT2D eigenvalue weighted by Crippen LogP contribution is 2.29. The van der Waals surface area contributed by atoms with Crippen LogP contribution in [-0.2, 0) is 7.05 Å². The monoisotopic (exact) mass is 439 g/mol. The van der Waals surface area contributed by atoms with Crippen LogP contribution in [0.4, 0.5) is 5.69 Å². The Morgan fingerprint density at radius 3 is 2.36 bits per heavy atom. The number of nitrogens with zero attached hydrogens (tertiary/aromatic N) is 5. The van der Waals surface area contributed by atoms with E-state index >= 15 is 0 Å². The maximum absolute atomic E-state index is 13.8. The van der Waals surface area contributed by atoms with Crippen molar-refractivity contribution in [1.82, 2.24) is 19.7 Å². The number of aromatic nitrogens is 3. The topological polar surface area (TPSA) is 54.3 Å². The van der Waals surface area contributed by atoms with Gasteiger partial charge in [0, 0.05) is 44.5 Å². The molecule has 0 radical (unpaired) electrons. The molecule has 0 saturated carbocycles. The number of hydrogen-bond donors (Lipinski definition) is 0. The highest BCUT2D eigenvalue weighted by Gasteiger charge is 2.27. The average molecular weight is 440 g/mol. The molecule has 4 aromatic rings. The fourth-order valence-electron chi connectivity index (χ4n) is 4.77. The zero-order chi connectivity index (χ0) is 23.1. The molecule has 2 aromatic heterocycles. The summed E-state index contributed by atoms with van der Waals surface area (Å²) in [5.41, 5.74) is 7.92. The summed E-state index contributed by atoms with van der Waals surface area (Å²) in [4.78, 5) is 23.0. The summed E-state index contributed by atoms with van der Waals surface area (Å²) in [6, 6.07) is 18.4. The molecule has 168 valence electrons. The van der Waals surface area contributed by atoms with Crippen LogP contribution in [0.1, 0.15) is 27.2 Å². The molecule has 6 heteroatoms. The molecule has 1 amide bonds. The Labute approximate surface area is 194 Å². The molecule has 0 unspecified atom stereocenters. The van der Waals surface area contributed by atoms with E-state index in [9.17, 15) is 4.79 Å². The second-order valence-corrected chi connectivity index (χ2v) is 8.83. The van der Waals surface area contributed by atoms with Crippen LogP contribution in [-0.4, -0.2) is 51.8 Å². The van der Waals surface area contributed by atoms with Gasteiger partial charge in [-0.15, -0.1) is 0 Å². The number of benzene rings is 2. The Morgan fingerprint density at radius 1 is 0.909 bits per heavy atom. The smallest absolute Gasteiger partial charge is 0.254 e. The van der Waals surface area contributed by atoms with Crippen molar-refractivity contribution in [2.75, 3.05) is 31.1 Å². The van der Waals surface area contributed by atoms with E-state index in [4.69, 9.17) is 4.98 Å². The Morgan fingerprint density at radius 2 is 1.64 bits per heavy atom. The lowest BCUT2D eigenvalue weighted by atomic mass is 10.0. The van der Waals surface area contributed by atoms with Crippen LogP contribution in [0.15, 0.2) is 54.6 Å². The Bertz CT molecular complexity index is 1330. The number of pyridine rings is 1. The number of carbonyl (C=O) groups is 1. The number of aryl methyl sites for hydroxylation is 3. The summed E-state index contributed by atoms with van der Waals surface area (Å²) in [6.07, 6.45) is 0. The second-order valence-electron chi connectivity index (χ2n) is 8.83. The van der Waals surface area contributed by atoms with E-state index in [1.807, 2.05) is 55.3 Å². The fraction of sp³-hybridized carbons (Fsp3) is 0.296. The van der Waals surface area contributed by atoms with Gasteiger partial charge in [-0.3, -0.25) is 9.48 Å². The predicted molar refractivity (Wildman–Crippen MR) is 133 cm³/mol. The van der Waals surface area contributed by atoms with E-state index in [2.05, 4.69) is 42.0 Å². The van der Waals surface area contributed by atoms with Gasteiger partial charge in [0.1, 0.15) is 0 Å². The van der Waals surface area contributed by atoms with E-state index in [1.165, 1.54) is 16.8 Å². The number of piperazine rings is 1. The van der Waals surface area contributed by atoms with Gasteiger partial charge >= 0.3 is 0 Å². The molecule has 0 bridgehead atoms. The van der Waals surface area contributed by atoms with E-state index in [0.29, 0.717) is 18.7 Å². The molecular weight excluding hydrogens is 410 g/mol. The quantitative estimate of drug-likeness (QED) is 0.471. The minimum absolute atomic E-state index is 0.0521. The molecule has 1 saturated heterocycles. The molecule has 3 heterocycles. The second kappa shape index (κ2) is 8.35. The van der Waals surface area contributed by atoms with Gasteiger partial charge in [0.25, 0.3) is 5.91 Å². The first-order valence-electron chi connectivity index (χ1n) is 11.4. The lowest BCUT2D eigenvalue weighted by Gasteiger charge is -2.37. The van der Waals surface area contributed by atoms with Gasteiger partial charge in [-0.05, 0) is 44.0 Å². The third-order valence-corrected chi connectivity index (χ3v) is 6.75. The highest BCUT2D eigenvalue weighted by molar-refractivity contribution is 6.07. The third-order valence-electron chi connectivity index (χ3n) is 6.75. The van der Waals surface area contributed by atoms with E-state index in [-0.39, 0.29) is 5.91 Å². The van der Waals surface area contributed by atoms with E-state index in [1.54, 1.807) is 4.68 Å². The standard InChI is InChI=1S/C27H29N5O/c1-18-9-8-12-24(19(18)2)31-13-15-32(16-14-31)27(33)22-17-23(21-10-6-5-7-11-21)28-26-25(22)20(3)29-30(26)4/h5-12,17H,13-16H2,1-4H3. The van der Waals surface area contributed by atoms with E-state index in [0.717, 1.165) is 41.1 Å². The minimum Gasteiger partial charge on any atom is -0.368 e. The first-order chi connectivity index (χ1) is 15.9. The SMILES string of the molecule is Cc1cccc(N2CCN(C(=O)c3cc(-c4ccccc4)nc4c3c(C)nn4C)CC2)c1C. The predicted octanol–water partition coefficient (Wildman–Crippen LogP) is 4.52. The molecule has 0 N–H and O–H groups in total. The van der Waals surface area contributed by atoms with Crippen molar-refractivity contribution in [2.45, 2.75) is 20.8 Å². The number of fused-ring (bicyclic) bond motifs is 1. The van der Waals surface area contributed by atoms with Gasteiger partial charge in [-0.1, -0.05) is 42.5 Å². The third kappa shape index (κ3) is 3.75. The summed E-state index contributed by atoms with van der Waals surface area (Å²) < 4.78 is 1.77. The first-order valence-corrected chi connectivity index (χ1v) is 11.4. The molecular formula is C27H29N5O. The van der Waals surface area contributed by atoms with Gasteiger partial charge in [0.05, 0.1) is 22.3 Å². The lowest BCUT2D eigenvalue weighted by Crippen LogP contribution is -2.49. The maximum atomic E-state index is 13.8. The number of amides is 1. The summed E-state index contributed by atoms with van der Waals surface area (Å²) in [5.74, 6) is 0.0521. The van der Waals surface area contributed by atoms with Gasteiger partial charge in [0.2, 0.25) is 0 Å². The molecule has 2 aromatic carbocycles. The largest absolute Gasteiger partial charge is 0.368 e. The Kier molecular flexibility index (Phi) is 5.36. The first kappa shape index (κ1) is 21.2. The summed E-state index contributed by atoms with van der Waals surface area (Å²) in [6.45, 7) is 9.29. The van der Waals surface area contributed by atoms with Crippen molar-refractivity contribution in [3.8, 4) is 11.3 Å². The lowest BCUT2D eigenvalue weighted by molar-refractivity contribution is 0.0748. The average Bonchev–Trinajstić information content (AvgIpc) is 3.14. The number of rotatable bonds is 3. The van der Waals surface area contributed by atoms with Crippen molar-refractivity contribution < 1.29 is 4.79 Å². The van der Waals surface area contributed by atoms with Crippen molar-refractivity contribution in [3.05, 3.63) is 77.0 Å². The van der Waals surface area contributed by atoms with Crippen molar-refractivity contribution in [2.24, 2.45) is 7.05 Å². The number of anilines is 1. The molecule has 0 spiro atoms. The van der Waals surface area contributed by atoms with Gasteiger partial charge in [0.15, 0.2) is 5.65 Å². The summed E-state index contributed by atoms with van der Waals surface area (Å²) in [5, 5.41) is 5.40. The Hall–Kier alpha value is -3.67. The molecule has 1 fully saturated rings. The van der Waals surface area contributed by atoms with Crippen molar-refractivity contribution in [1.29, 1.82) is 0 Å². The zero-order valence-corrected chi connectivity index (χ0v) is 19.7. The molecule has 33 heavy (non-hydrogen) atoms. The van der Waals surface area contributed by atoms with Gasteiger partial charge in [-0.2, -0.15) is 5.10 Å². The molecule has 1 aliphatic heterocycles. The maximum Gasteiger partial charge on any atom is 0.254 e. The van der Waals surface area contributed by atoms with Gasteiger partial charge < -0.3 is 9.80 Å². The van der Waals surface area contributed by atoms with E-state index < -0.39 is 0 Å². The fourth-order valence-corrected chi connectivity index (χ4v) is 4.77. The van der Waals surface area contributed by atoms with Crippen LogP contribution in [0.5, 0.6) is 0 Å². The number of hydrogen-bond acceptors (Lipinski definition) is 4. The normalized spacial score (nSPS) is 14.2.